The summed E-state index contributed by atoms with van der Waals surface area (Å²) in [7, 11) is 0. The average Bonchev–Trinajstić information content (AvgIpc) is 3.58. The first kappa shape index (κ1) is 32.2. The van der Waals surface area contributed by atoms with E-state index in [2.05, 4.69) is 25.9 Å². The number of hydrogen-bond acceptors (Lipinski definition) is 6. The summed E-state index contributed by atoms with van der Waals surface area (Å²) in [5.41, 5.74) is 9.75. The van der Waals surface area contributed by atoms with Gasteiger partial charge >= 0.3 is 5.97 Å². The van der Waals surface area contributed by atoms with Crippen molar-refractivity contribution in [2.24, 2.45) is 11.7 Å². The Morgan fingerprint density at radius 1 is 0.750 bits per heavy atom. The molecular formula is C32H40N6O6. The van der Waals surface area contributed by atoms with Gasteiger partial charge < -0.3 is 41.9 Å². The zero-order chi connectivity index (χ0) is 32.0. The molecule has 5 unspecified atom stereocenters. The van der Waals surface area contributed by atoms with Gasteiger partial charge in [-0.05, 0) is 48.9 Å². The average molecular weight is 605 g/mol. The van der Waals surface area contributed by atoms with Gasteiger partial charge in [0.15, 0.2) is 6.04 Å². The number of aliphatic hydroxyl groups excluding tert-OH is 1. The molecular weight excluding hydrogens is 564 g/mol. The van der Waals surface area contributed by atoms with Crippen LogP contribution in [0.4, 0.5) is 0 Å². The first-order valence-electron chi connectivity index (χ1n) is 14.6. The number of para-hydroxylation sites is 2. The van der Waals surface area contributed by atoms with E-state index in [0.717, 1.165) is 32.9 Å². The molecule has 3 amide bonds. The second-order valence-electron chi connectivity index (χ2n) is 11.6. The molecule has 2 heterocycles. The van der Waals surface area contributed by atoms with Crippen molar-refractivity contribution in [2.75, 3.05) is 0 Å². The van der Waals surface area contributed by atoms with E-state index >= 15 is 0 Å². The maximum absolute atomic E-state index is 13.8. The molecule has 2 aromatic carbocycles. The molecule has 44 heavy (non-hydrogen) atoms. The molecule has 0 fully saturated rings. The number of carboxylic acids is 1. The molecule has 0 radical (unpaired) electrons. The molecule has 5 atom stereocenters. The SMILES string of the molecule is CC(C)CC(NC(=O)C(Cc1c[nH]c2ccccc12)NC(=O)C(N)Cc1c[nH]c2ccccc12)C(=O)NC(C(=O)O)C(C)O. The van der Waals surface area contributed by atoms with Gasteiger partial charge in [0.2, 0.25) is 17.7 Å². The molecule has 2 aromatic heterocycles. The molecule has 0 saturated heterocycles. The van der Waals surface area contributed by atoms with Crippen LogP contribution in [-0.2, 0) is 32.0 Å². The third-order valence-electron chi connectivity index (χ3n) is 7.57. The summed E-state index contributed by atoms with van der Waals surface area (Å²) in [6, 6.07) is 10.5. The van der Waals surface area contributed by atoms with Crippen molar-refractivity contribution in [3.05, 3.63) is 72.1 Å². The quantitative estimate of drug-likeness (QED) is 0.107. The zero-order valence-corrected chi connectivity index (χ0v) is 25.0. The Hall–Kier alpha value is -4.68. The van der Waals surface area contributed by atoms with Crippen molar-refractivity contribution in [3.63, 3.8) is 0 Å². The van der Waals surface area contributed by atoms with Gasteiger partial charge in [0.05, 0.1) is 12.1 Å². The number of fused-ring (bicyclic) bond motifs is 2. The van der Waals surface area contributed by atoms with E-state index in [9.17, 15) is 29.4 Å². The third-order valence-corrected chi connectivity index (χ3v) is 7.57. The normalized spacial score (nSPS) is 15.0. The smallest absolute Gasteiger partial charge is 0.328 e. The molecule has 12 nitrogen and oxygen atoms in total. The van der Waals surface area contributed by atoms with Gasteiger partial charge in [0.25, 0.3) is 0 Å². The minimum absolute atomic E-state index is 0.0490. The molecule has 4 rings (SSSR count). The maximum Gasteiger partial charge on any atom is 0.328 e. The maximum atomic E-state index is 13.8. The van der Waals surface area contributed by atoms with Crippen molar-refractivity contribution in [2.45, 2.75) is 70.3 Å². The van der Waals surface area contributed by atoms with Crippen LogP contribution in [0.15, 0.2) is 60.9 Å². The Morgan fingerprint density at radius 3 is 1.77 bits per heavy atom. The highest BCUT2D eigenvalue weighted by Crippen LogP contribution is 2.21. The molecule has 0 aliphatic rings. The van der Waals surface area contributed by atoms with Gasteiger partial charge in [-0.1, -0.05) is 50.2 Å². The van der Waals surface area contributed by atoms with Crippen LogP contribution in [0.1, 0.15) is 38.3 Å². The van der Waals surface area contributed by atoms with Crippen LogP contribution >= 0.6 is 0 Å². The van der Waals surface area contributed by atoms with Gasteiger partial charge in [0, 0.05) is 40.6 Å². The lowest BCUT2D eigenvalue weighted by Gasteiger charge is -2.26. The number of nitrogens with one attached hydrogen (secondary N) is 5. The lowest BCUT2D eigenvalue weighted by Crippen LogP contribution is -2.59. The highest BCUT2D eigenvalue weighted by Gasteiger charge is 2.32. The summed E-state index contributed by atoms with van der Waals surface area (Å²) in [6.07, 6.45) is 2.73. The number of nitrogens with two attached hydrogens (primary N) is 1. The molecule has 4 aromatic rings. The Kier molecular flexibility index (Phi) is 10.4. The summed E-state index contributed by atoms with van der Waals surface area (Å²) in [5, 5.41) is 28.9. The minimum Gasteiger partial charge on any atom is -0.480 e. The van der Waals surface area contributed by atoms with Crippen LogP contribution < -0.4 is 21.7 Å². The number of aromatic nitrogens is 2. The lowest BCUT2D eigenvalue weighted by atomic mass is 9.99. The first-order valence-corrected chi connectivity index (χ1v) is 14.6. The molecule has 0 aliphatic heterocycles. The van der Waals surface area contributed by atoms with Crippen molar-refractivity contribution in [1.29, 1.82) is 0 Å². The number of amides is 3. The zero-order valence-electron chi connectivity index (χ0n) is 25.0. The molecule has 234 valence electrons. The number of H-pyrrole nitrogens is 2. The van der Waals surface area contributed by atoms with Crippen LogP contribution in [-0.4, -0.2) is 74.1 Å². The fraction of sp³-hybridized carbons (Fsp3) is 0.375. The van der Waals surface area contributed by atoms with Crippen LogP contribution in [0.25, 0.3) is 21.8 Å². The molecule has 12 heteroatoms. The van der Waals surface area contributed by atoms with E-state index in [1.807, 2.05) is 62.4 Å². The minimum atomic E-state index is -1.56. The van der Waals surface area contributed by atoms with Crippen LogP contribution in [0.5, 0.6) is 0 Å². The Balaban J connectivity index is 1.56. The largest absolute Gasteiger partial charge is 0.480 e. The van der Waals surface area contributed by atoms with E-state index in [0.29, 0.717) is 0 Å². The summed E-state index contributed by atoms with van der Waals surface area (Å²) in [5.74, 6) is -3.38. The first-order chi connectivity index (χ1) is 20.9. The summed E-state index contributed by atoms with van der Waals surface area (Å²) in [4.78, 5) is 58.2. The van der Waals surface area contributed by atoms with Crippen molar-refractivity contribution < 1.29 is 29.4 Å². The highest BCUT2D eigenvalue weighted by molar-refractivity contribution is 5.95. The van der Waals surface area contributed by atoms with Crippen LogP contribution in [0.3, 0.4) is 0 Å². The summed E-state index contributed by atoms with van der Waals surface area (Å²) >= 11 is 0. The number of benzene rings is 2. The second-order valence-corrected chi connectivity index (χ2v) is 11.6. The third kappa shape index (κ3) is 7.82. The number of carboxylic acid groups (broad SMARTS) is 1. The second kappa shape index (κ2) is 14.2. The Bertz CT molecular complexity index is 1630. The number of aliphatic carboxylic acids is 1. The van der Waals surface area contributed by atoms with E-state index in [1.54, 1.807) is 12.4 Å². The van der Waals surface area contributed by atoms with Gasteiger partial charge in [-0.25, -0.2) is 4.79 Å². The summed E-state index contributed by atoms with van der Waals surface area (Å²) < 4.78 is 0. The standard InChI is InChI=1S/C32H40N6O6/c1-17(2)12-26(31(42)38-28(18(3)39)32(43)44)37-30(41)27(14-20-16-35-25-11-7-5-9-22(20)25)36-29(40)23(33)13-19-15-34-24-10-6-4-8-21(19)24/h4-11,15-18,23,26-28,34-35,39H,12-14,33H2,1-3H3,(H,36,40)(H,37,41)(H,38,42)(H,43,44). The van der Waals surface area contributed by atoms with E-state index in [1.165, 1.54) is 6.92 Å². The topological polar surface area (TPSA) is 202 Å². The molecule has 0 saturated carbocycles. The van der Waals surface area contributed by atoms with Crippen molar-refractivity contribution >= 4 is 45.5 Å². The number of carbonyl (C=O) groups excluding carboxylic acids is 3. The number of rotatable bonds is 14. The fourth-order valence-corrected chi connectivity index (χ4v) is 5.26. The molecule has 0 bridgehead atoms. The van der Waals surface area contributed by atoms with Gasteiger partial charge in [-0.3, -0.25) is 14.4 Å². The fourth-order valence-electron chi connectivity index (χ4n) is 5.26. The molecule has 0 aliphatic carbocycles. The van der Waals surface area contributed by atoms with E-state index in [-0.39, 0.29) is 25.2 Å². The van der Waals surface area contributed by atoms with Gasteiger partial charge in [-0.15, -0.1) is 0 Å². The predicted octanol–water partition coefficient (Wildman–Crippen LogP) is 1.73. The van der Waals surface area contributed by atoms with Gasteiger partial charge in [0.1, 0.15) is 12.1 Å². The van der Waals surface area contributed by atoms with E-state index in [4.69, 9.17) is 5.73 Å². The number of carbonyl (C=O) groups is 4. The number of aromatic amines is 2. The van der Waals surface area contributed by atoms with Crippen LogP contribution in [0.2, 0.25) is 0 Å². The number of hydrogen-bond donors (Lipinski definition) is 8. The van der Waals surface area contributed by atoms with E-state index < -0.39 is 54.0 Å². The Morgan fingerprint density at radius 2 is 1.25 bits per heavy atom. The predicted molar refractivity (Wildman–Crippen MR) is 167 cm³/mol. The number of aliphatic hydroxyl groups is 1. The lowest BCUT2D eigenvalue weighted by molar-refractivity contribution is -0.145. The highest BCUT2D eigenvalue weighted by atomic mass is 16.4. The van der Waals surface area contributed by atoms with Gasteiger partial charge in [-0.2, -0.15) is 0 Å². The van der Waals surface area contributed by atoms with Crippen LogP contribution in [0, 0.1) is 5.92 Å². The monoisotopic (exact) mass is 604 g/mol. The molecule has 9 N–H and O–H groups in total. The van der Waals surface area contributed by atoms with Crippen molar-refractivity contribution in [3.8, 4) is 0 Å². The van der Waals surface area contributed by atoms with Crippen molar-refractivity contribution in [1.82, 2.24) is 25.9 Å². The molecule has 0 spiro atoms. The Labute approximate surface area is 254 Å². The summed E-state index contributed by atoms with van der Waals surface area (Å²) in [6.45, 7) is 4.96.